The van der Waals surface area contributed by atoms with E-state index >= 15 is 0 Å². The van der Waals surface area contributed by atoms with Gasteiger partial charge in [0.2, 0.25) is 5.91 Å². The van der Waals surface area contributed by atoms with Gasteiger partial charge < -0.3 is 15.2 Å². The normalized spacial score (nSPS) is 12.1. The van der Waals surface area contributed by atoms with E-state index in [2.05, 4.69) is 5.32 Å². The molecule has 0 aliphatic carbocycles. The number of carbonyl (C=O) groups is 2. The van der Waals surface area contributed by atoms with Crippen LogP contribution in [0.3, 0.4) is 0 Å². The standard InChI is InChI=1S/C12H17NO4S2/c1-17-6-2-4-9(12(15)16)13-10(14)8-19-11-5-3-7-18-11/h3,5,7,9H,2,4,6,8H2,1H3,(H,13,14)(H,15,16). The average Bonchev–Trinajstić information content (AvgIpc) is 2.88. The van der Waals surface area contributed by atoms with Crippen LogP contribution in [0.25, 0.3) is 0 Å². The van der Waals surface area contributed by atoms with Crippen molar-refractivity contribution in [1.29, 1.82) is 0 Å². The Morgan fingerprint density at radius 3 is 2.95 bits per heavy atom. The van der Waals surface area contributed by atoms with E-state index < -0.39 is 12.0 Å². The highest BCUT2D eigenvalue weighted by Crippen LogP contribution is 2.22. The molecule has 0 bridgehead atoms. The van der Waals surface area contributed by atoms with Gasteiger partial charge in [0.25, 0.3) is 0 Å². The average molecular weight is 303 g/mol. The van der Waals surface area contributed by atoms with Crippen LogP contribution in [0.2, 0.25) is 0 Å². The Bertz CT molecular complexity index is 394. The molecule has 0 saturated carbocycles. The third-order valence-electron chi connectivity index (χ3n) is 2.32. The summed E-state index contributed by atoms with van der Waals surface area (Å²) in [5.41, 5.74) is 0. The molecule has 0 aromatic carbocycles. The van der Waals surface area contributed by atoms with Gasteiger partial charge in [0, 0.05) is 13.7 Å². The second-order valence-corrected chi connectivity index (χ2v) is 6.04. The van der Waals surface area contributed by atoms with Crippen molar-refractivity contribution in [3.05, 3.63) is 17.5 Å². The number of thiophene rings is 1. The molecule has 0 spiro atoms. The van der Waals surface area contributed by atoms with Crippen molar-refractivity contribution in [3.8, 4) is 0 Å². The van der Waals surface area contributed by atoms with E-state index in [4.69, 9.17) is 9.84 Å². The van der Waals surface area contributed by atoms with E-state index in [9.17, 15) is 9.59 Å². The van der Waals surface area contributed by atoms with Crippen molar-refractivity contribution < 1.29 is 19.4 Å². The first-order valence-corrected chi connectivity index (χ1v) is 7.67. The van der Waals surface area contributed by atoms with Gasteiger partial charge in [-0.2, -0.15) is 0 Å². The van der Waals surface area contributed by atoms with Crippen molar-refractivity contribution in [2.24, 2.45) is 0 Å². The van der Waals surface area contributed by atoms with E-state index in [-0.39, 0.29) is 11.7 Å². The van der Waals surface area contributed by atoms with Gasteiger partial charge in [0.1, 0.15) is 6.04 Å². The second-order valence-electron chi connectivity index (χ2n) is 3.81. The van der Waals surface area contributed by atoms with Crippen LogP contribution >= 0.6 is 23.1 Å². The summed E-state index contributed by atoms with van der Waals surface area (Å²) < 4.78 is 5.91. The van der Waals surface area contributed by atoms with Crippen molar-refractivity contribution in [2.75, 3.05) is 19.5 Å². The minimum absolute atomic E-state index is 0.231. The summed E-state index contributed by atoms with van der Waals surface area (Å²) in [5.74, 6) is -1.04. The predicted octanol–water partition coefficient (Wildman–Crippen LogP) is 1.84. The maximum absolute atomic E-state index is 11.7. The molecule has 0 aliphatic heterocycles. The van der Waals surface area contributed by atoms with Gasteiger partial charge in [0.05, 0.1) is 9.96 Å². The molecule has 1 rings (SSSR count). The lowest BCUT2D eigenvalue weighted by Crippen LogP contribution is -2.41. The van der Waals surface area contributed by atoms with Crippen LogP contribution in [0.4, 0.5) is 0 Å². The summed E-state index contributed by atoms with van der Waals surface area (Å²) in [6.07, 6.45) is 0.977. The summed E-state index contributed by atoms with van der Waals surface area (Å²) >= 11 is 2.96. The first-order valence-electron chi connectivity index (χ1n) is 5.81. The van der Waals surface area contributed by atoms with Crippen LogP contribution in [-0.2, 0) is 14.3 Å². The minimum Gasteiger partial charge on any atom is -0.480 e. The molecular weight excluding hydrogens is 286 g/mol. The molecule has 2 N–H and O–H groups in total. The number of ether oxygens (including phenoxy) is 1. The Labute approximate surface area is 120 Å². The first-order chi connectivity index (χ1) is 9.13. The number of carboxylic acid groups (broad SMARTS) is 1. The van der Waals surface area contributed by atoms with E-state index in [0.29, 0.717) is 19.4 Å². The number of thioether (sulfide) groups is 1. The van der Waals surface area contributed by atoms with Gasteiger partial charge in [0.15, 0.2) is 0 Å². The fourth-order valence-corrected chi connectivity index (χ4v) is 3.00. The molecule has 0 aliphatic rings. The molecule has 7 heteroatoms. The number of hydrogen-bond donors (Lipinski definition) is 2. The van der Waals surface area contributed by atoms with Crippen molar-refractivity contribution >= 4 is 35.0 Å². The van der Waals surface area contributed by atoms with E-state index in [0.717, 1.165) is 4.21 Å². The zero-order valence-electron chi connectivity index (χ0n) is 10.6. The number of amides is 1. The maximum atomic E-state index is 11.7. The van der Waals surface area contributed by atoms with Crippen molar-refractivity contribution in [2.45, 2.75) is 23.1 Å². The number of carbonyl (C=O) groups excluding carboxylic acids is 1. The Morgan fingerprint density at radius 1 is 1.58 bits per heavy atom. The molecule has 1 aromatic rings. The molecule has 106 valence electrons. The molecule has 1 aromatic heterocycles. The highest BCUT2D eigenvalue weighted by Gasteiger charge is 2.19. The fourth-order valence-electron chi connectivity index (χ4n) is 1.41. The molecule has 1 unspecified atom stereocenters. The van der Waals surface area contributed by atoms with Crippen LogP contribution in [-0.4, -0.2) is 42.5 Å². The van der Waals surface area contributed by atoms with Crippen LogP contribution < -0.4 is 5.32 Å². The smallest absolute Gasteiger partial charge is 0.326 e. The number of rotatable bonds is 9. The van der Waals surface area contributed by atoms with E-state index in [1.165, 1.54) is 11.8 Å². The summed E-state index contributed by atoms with van der Waals surface area (Å²) in [4.78, 5) is 22.7. The molecule has 0 fully saturated rings. The lowest BCUT2D eigenvalue weighted by Gasteiger charge is -2.13. The monoisotopic (exact) mass is 303 g/mol. The van der Waals surface area contributed by atoms with Crippen molar-refractivity contribution in [1.82, 2.24) is 5.32 Å². The van der Waals surface area contributed by atoms with Crippen LogP contribution in [0.5, 0.6) is 0 Å². The minimum atomic E-state index is -1.01. The van der Waals surface area contributed by atoms with E-state index in [1.807, 2.05) is 17.5 Å². The SMILES string of the molecule is COCCCC(NC(=O)CSc1cccs1)C(=O)O. The number of nitrogens with one attached hydrogen (secondary N) is 1. The van der Waals surface area contributed by atoms with Gasteiger partial charge >= 0.3 is 5.97 Å². The van der Waals surface area contributed by atoms with E-state index in [1.54, 1.807) is 18.4 Å². The van der Waals surface area contributed by atoms with Gasteiger partial charge in [-0.15, -0.1) is 23.1 Å². The molecular formula is C12H17NO4S2. The zero-order valence-corrected chi connectivity index (χ0v) is 12.3. The predicted molar refractivity (Wildman–Crippen MR) is 75.7 cm³/mol. The number of carboxylic acids is 1. The highest BCUT2D eigenvalue weighted by molar-refractivity contribution is 8.01. The Balaban J connectivity index is 2.32. The van der Waals surface area contributed by atoms with Crippen LogP contribution in [0.1, 0.15) is 12.8 Å². The Hall–Kier alpha value is -1.05. The summed E-state index contributed by atoms with van der Waals surface area (Å²) in [6, 6.07) is 3.00. The summed E-state index contributed by atoms with van der Waals surface area (Å²) in [5, 5.41) is 13.5. The third kappa shape index (κ3) is 6.60. The topological polar surface area (TPSA) is 75.6 Å². The maximum Gasteiger partial charge on any atom is 0.326 e. The fraction of sp³-hybridized carbons (Fsp3) is 0.500. The third-order valence-corrected chi connectivity index (χ3v) is 4.45. The molecule has 1 atom stereocenters. The van der Waals surface area contributed by atoms with Gasteiger partial charge in [-0.1, -0.05) is 6.07 Å². The largest absolute Gasteiger partial charge is 0.480 e. The quantitative estimate of drug-likeness (QED) is 0.538. The number of hydrogen-bond acceptors (Lipinski definition) is 5. The lowest BCUT2D eigenvalue weighted by molar-refractivity contribution is -0.141. The van der Waals surface area contributed by atoms with Crippen LogP contribution in [0, 0.1) is 0 Å². The number of methoxy groups -OCH3 is 1. The van der Waals surface area contributed by atoms with Gasteiger partial charge in [-0.25, -0.2) is 4.79 Å². The molecule has 0 radical (unpaired) electrons. The molecule has 1 amide bonds. The highest BCUT2D eigenvalue weighted by atomic mass is 32.2. The Morgan fingerprint density at radius 2 is 2.37 bits per heavy atom. The second kappa shape index (κ2) is 8.95. The van der Waals surface area contributed by atoms with Gasteiger partial charge in [-0.05, 0) is 24.3 Å². The lowest BCUT2D eigenvalue weighted by atomic mass is 10.1. The van der Waals surface area contributed by atoms with Gasteiger partial charge in [-0.3, -0.25) is 4.79 Å². The molecule has 0 saturated heterocycles. The first kappa shape index (κ1) is 16.0. The molecule has 5 nitrogen and oxygen atoms in total. The summed E-state index contributed by atoms with van der Waals surface area (Å²) in [7, 11) is 1.56. The Kier molecular flexibility index (Phi) is 7.54. The zero-order chi connectivity index (χ0) is 14.1. The van der Waals surface area contributed by atoms with Crippen LogP contribution in [0.15, 0.2) is 21.7 Å². The summed E-state index contributed by atoms with van der Waals surface area (Å²) in [6.45, 7) is 0.490. The molecule has 19 heavy (non-hydrogen) atoms. The number of aliphatic carboxylic acids is 1. The van der Waals surface area contributed by atoms with Crippen molar-refractivity contribution in [3.63, 3.8) is 0 Å². The molecule has 1 heterocycles.